The Morgan fingerprint density at radius 1 is 1.36 bits per heavy atom. The van der Waals surface area contributed by atoms with E-state index in [2.05, 4.69) is 0 Å². The predicted molar refractivity (Wildman–Crippen MR) is 57.9 cm³/mol. The van der Waals surface area contributed by atoms with Crippen LogP contribution in [-0.4, -0.2) is 31.6 Å². The third kappa shape index (κ3) is 6.52. The lowest BCUT2D eigenvalue weighted by atomic mass is 9.99. The van der Waals surface area contributed by atoms with E-state index in [4.69, 9.17) is 4.74 Å². The van der Waals surface area contributed by atoms with Crippen LogP contribution >= 0.6 is 0 Å². The monoisotopic (exact) mass is 199 g/mol. The molecule has 0 rings (SSSR count). The summed E-state index contributed by atoms with van der Waals surface area (Å²) in [6, 6.07) is 0. The molecule has 3 nitrogen and oxygen atoms in total. The molecule has 0 aliphatic rings. The standard InChI is InChI=1S/C11H21NO2/c1-9(7-12(5)6)10(13)14-8-11(2,3)4/h7H,8H2,1-6H3. The van der Waals surface area contributed by atoms with Gasteiger partial charge in [-0.05, 0) is 12.3 Å². The second-order valence-corrected chi connectivity index (χ2v) is 4.91. The Morgan fingerprint density at radius 2 is 1.86 bits per heavy atom. The maximum atomic E-state index is 11.4. The topological polar surface area (TPSA) is 29.5 Å². The van der Waals surface area contributed by atoms with E-state index in [0.717, 1.165) is 0 Å². The molecule has 0 fully saturated rings. The molecule has 14 heavy (non-hydrogen) atoms. The van der Waals surface area contributed by atoms with Crippen molar-refractivity contribution in [3.8, 4) is 0 Å². The number of esters is 1. The molecule has 0 heterocycles. The minimum atomic E-state index is -0.242. The van der Waals surface area contributed by atoms with Crippen LogP contribution in [-0.2, 0) is 9.53 Å². The summed E-state index contributed by atoms with van der Waals surface area (Å²) < 4.78 is 5.14. The van der Waals surface area contributed by atoms with Crippen molar-refractivity contribution in [1.82, 2.24) is 4.90 Å². The van der Waals surface area contributed by atoms with Crippen molar-refractivity contribution in [2.75, 3.05) is 20.7 Å². The molecule has 0 aromatic carbocycles. The van der Waals surface area contributed by atoms with Gasteiger partial charge in [0.05, 0.1) is 6.61 Å². The van der Waals surface area contributed by atoms with Crippen molar-refractivity contribution in [1.29, 1.82) is 0 Å². The number of rotatable bonds is 3. The highest BCUT2D eigenvalue weighted by Crippen LogP contribution is 2.13. The molecule has 0 unspecified atom stereocenters. The lowest BCUT2D eigenvalue weighted by Gasteiger charge is -2.18. The predicted octanol–water partition coefficient (Wildman–Crippen LogP) is 2.04. The van der Waals surface area contributed by atoms with E-state index >= 15 is 0 Å². The van der Waals surface area contributed by atoms with E-state index in [1.165, 1.54) is 0 Å². The Bertz CT molecular complexity index is 224. The zero-order chi connectivity index (χ0) is 11.4. The fraction of sp³-hybridized carbons (Fsp3) is 0.727. The molecule has 0 spiro atoms. The van der Waals surface area contributed by atoms with E-state index in [1.54, 1.807) is 13.1 Å². The maximum Gasteiger partial charge on any atom is 0.335 e. The van der Waals surface area contributed by atoms with Crippen LogP contribution in [0.25, 0.3) is 0 Å². The molecule has 82 valence electrons. The van der Waals surface area contributed by atoms with Crippen LogP contribution in [0, 0.1) is 5.41 Å². The van der Waals surface area contributed by atoms with E-state index in [1.807, 2.05) is 39.8 Å². The first-order valence-corrected chi connectivity index (χ1v) is 4.74. The Morgan fingerprint density at radius 3 is 2.21 bits per heavy atom. The van der Waals surface area contributed by atoms with E-state index in [-0.39, 0.29) is 11.4 Å². The summed E-state index contributed by atoms with van der Waals surface area (Å²) in [6.07, 6.45) is 1.75. The number of hydrogen-bond donors (Lipinski definition) is 0. The van der Waals surface area contributed by atoms with Gasteiger partial charge in [0.1, 0.15) is 0 Å². The number of ether oxygens (including phenoxy) is 1. The van der Waals surface area contributed by atoms with Gasteiger partial charge in [0.15, 0.2) is 0 Å². The highest BCUT2D eigenvalue weighted by atomic mass is 16.5. The quantitative estimate of drug-likeness (QED) is 0.514. The largest absolute Gasteiger partial charge is 0.462 e. The molecule has 0 aromatic rings. The summed E-state index contributed by atoms with van der Waals surface area (Å²) in [5.41, 5.74) is 0.646. The van der Waals surface area contributed by atoms with E-state index in [9.17, 15) is 4.79 Å². The Hall–Kier alpha value is -0.990. The molecule has 0 saturated carbocycles. The molecule has 0 N–H and O–H groups in total. The van der Waals surface area contributed by atoms with E-state index < -0.39 is 0 Å². The molecule has 0 radical (unpaired) electrons. The van der Waals surface area contributed by atoms with Gasteiger partial charge in [-0.3, -0.25) is 0 Å². The Kier molecular flexibility index (Phi) is 4.68. The van der Waals surface area contributed by atoms with Crippen LogP contribution in [0.5, 0.6) is 0 Å². The van der Waals surface area contributed by atoms with Crippen molar-refractivity contribution in [3.63, 3.8) is 0 Å². The van der Waals surface area contributed by atoms with Crippen molar-refractivity contribution in [2.24, 2.45) is 5.41 Å². The van der Waals surface area contributed by atoms with Gasteiger partial charge in [0, 0.05) is 25.9 Å². The Balaban J connectivity index is 4.10. The van der Waals surface area contributed by atoms with Gasteiger partial charge in [-0.1, -0.05) is 20.8 Å². The molecule has 0 aliphatic heterocycles. The van der Waals surface area contributed by atoms with Crippen molar-refractivity contribution < 1.29 is 9.53 Å². The first kappa shape index (κ1) is 13.0. The molecule has 3 heteroatoms. The van der Waals surface area contributed by atoms with Crippen molar-refractivity contribution >= 4 is 5.97 Å². The average Bonchev–Trinajstić information content (AvgIpc) is 1.97. The molecule has 0 aliphatic carbocycles. The Labute approximate surface area is 86.7 Å². The van der Waals surface area contributed by atoms with Gasteiger partial charge in [0.25, 0.3) is 0 Å². The summed E-state index contributed by atoms with van der Waals surface area (Å²) in [6.45, 7) is 8.30. The molecule has 0 atom stereocenters. The minimum Gasteiger partial charge on any atom is -0.462 e. The second-order valence-electron chi connectivity index (χ2n) is 4.91. The summed E-state index contributed by atoms with van der Waals surface area (Å²) in [5.74, 6) is -0.242. The molecule has 0 amide bonds. The van der Waals surface area contributed by atoms with Gasteiger partial charge in [-0.2, -0.15) is 0 Å². The van der Waals surface area contributed by atoms with Gasteiger partial charge < -0.3 is 9.64 Å². The normalized spacial score (nSPS) is 12.6. The van der Waals surface area contributed by atoms with Gasteiger partial charge >= 0.3 is 5.97 Å². The van der Waals surface area contributed by atoms with Crippen LogP contribution in [0.1, 0.15) is 27.7 Å². The van der Waals surface area contributed by atoms with E-state index in [0.29, 0.717) is 12.2 Å². The summed E-state index contributed by atoms with van der Waals surface area (Å²) in [7, 11) is 3.75. The fourth-order valence-electron chi connectivity index (χ4n) is 0.836. The van der Waals surface area contributed by atoms with Gasteiger partial charge in [-0.25, -0.2) is 4.79 Å². The SMILES string of the molecule is CC(=CN(C)C)C(=O)OCC(C)(C)C. The zero-order valence-corrected chi connectivity index (χ0v) is 10.0. The van der Waals surface area contributed by atoms with Crippen molar-refractivity contribution in [2.45, 2.75) is 27.7 Å². The molecule has 0 saturated heterocycles. The first-order valence-electron chi connectivity index (χ1n) is 4.74. The number of nitrogens with zero attached hydrogens (tertiary/aromatic N) is 1. The molecule has 0 bridgehead atoms. The second kappa shape index (κ2) is 5.03. The lowest BCUT2D eigenvalue weighted by Crippen LogP contribution is -2.19. The zero-order valence-electron chi connectivity index (χ0n) is 10.0. The van der Waals surface area contributed by atoms with Crippen LogP contribution in [0.2, 0.25) is 0 Å². The number of carbonyl (C=O) groups excluding carboxylic acids is 1. The molecule has 0 aromatic heterocycles. The molecular weight excluding hydrogens is 178 g/mol. The summed E-state index contributed by atoms with van der Waals surface area (Å²) in [4.78, 5) is 13.2. The maximum absolute atomic E-state index is 11.4. The fourth-order valence-corrected chi connectivity index (χ4v) is 0.836. The van der Waals surface area contributed by atoms with Crippen LogP contribution < -0.4 is 0 Å². The van der Waals surface area contributed by atoms with Crippen LogP contribution in [0.4, 0.5) is 0 Å². The van der Waals surface area contributed by atoms with Crippen molar-refractivity contribution in [3.05, 3.63) is 11.8 Å². The molecular formula is C11H21NO2. The minimum absolute atomic E-state index is 0.0219. The third-order valence-corrected chi connectivity index (χ3v) is 1.41. The summed E-state index contributed by atoms with van der Waals surface area (Å²) >= 11 is 0. The third-order valence-electron chi connectivity index (χ3n) is 1.41. The number of hydrogen-bond acceptors (Lipinski definition) is 3. The van der Waals surface area contributed by atoms with Gasteiger partial charge in [-0.15, -0.1) is 0 Å². The number of carbonyl (C=O) groups is 1. The van der Waals surface area contributed by atoms with Crippen LogP contribution in [0.3, 0.4) is 0 Å². The van der Waals surface area contributed by atoms with Gasteiger partial charge in [0.2, 0.25) is 0 Å². The highest BCUT2D eigenvalue weighted by molar-refractivity contribution is 5.87. The smallest absolute Gasteiger partial charge is 0.335 e. The average molecular weight is 199 g/mol. The summed E-state index contributed by atoms with van der Waals surface area (Å²) in [5, 5.41) is 0. The lowest BCUT2D eigenvalue weighted by molar-refractivity contribution is -0.141. The highest BCUT2D eigenvalue weighted by Gasteiger charge is 2.14. The first-order chi connectivity index (χ1) is 6.22. The van der Waals surface area contributed by atoms with Crippen LogP contribution in [0.15, 0.2) is 11.8 Å².